The number of nitrogens with zero attached hydrogens (tertiary/aromatic N) is 4. The Morgan fingerprint density at radius 3 is 2.44 bits per heavy atom. The van der Waals surface area contributed by atoms with Gasteiger partial charge in [0.1, 0.15) is 11.9 Å². The zero-order valence-corrected chi connectivity index (χ0v) is 17.5. The molecule has 2 N–H and O–H groups in total. The third-order valence-electron chi connectivity index (χ3n) is 5.90. The van der Waals surface area contributed by atoms with Crippen LogP contribution in [0.25, 0.3) is 10.9 Å². The molecule has 0 bridgehead atoms. The molecule has 1 aliphatic heterocycles. The van der Waals surface area contributed by atoms with Crippen molar-refractivity contribution >= 4 is 22.8 Å². The summed E-state index contributed by atoms with van der Waals surface area (Å²) in [5, 5.41) is 19.8. The van der Waals surface area contributed by atoms with Gasteiger partial charge in [-0.05, 0) is 35.9 Å². The van der Waals surface area contributed by atoms with Gasteiger partial charge in [-0.2, -0.15) is 0 Å². The Kier molecular flexibility index (Phi) is 6.48. The van der Waals surface area contributed by atoms with Gasteiger partial charge in [0.2, 0.25) is 0 Å². The van der Waals surface area contributed by atoms with Gasteiger partial charge in [0.05, 0.1) is 11.9 Å². The van der Waals surface area contributed by atoms with Gasteiger partial charge in [-0.1, -0.05) is 0 Å². The number of rotatable bonds is 8. The molecule has 3 heterocycles. The number of benzene rings is 1. The van der Waals surface area contributed by atoms with Crippen molar-refractivity contribution in [1.82, 2.24) is 19.4 Å². The van der Waals surface area contributed by atoms with Crippen LogP contribution >= 0.6 is 0 Å². The minimum absolute atomic E-state index is 0.134. The van der Waals surface area contributed by atoms with Crippen LogP contribution < -0.4 is 0 Å². The van der Waals surface area contributed by atoms with E-state index in [1.807, 2.05) is 17.0 Å². The molecule has 1 aliphatic rings. The lowest BCUT2D eigenvalue weighted by molar-refractivity contribution is -0.144. The Balaban J connectivity index is 1.56. The molecule has 0 spiro atoms. The molecule has 1 aromatic carbocycles. The van der Waals surface area contributed by atoms with Gasteiger partial charge < -0.3 is 14.8 Å². The zero-order chi connectivity index (χ0) is 22.7. The van der Waals surface area contributed by atoms with Gasteiger partial charge >= 0.3 is 11.9 Å². The second-order valence-electron chi connectivity index (χ2n) is 7.99. The molecule has 0 unspecified atom stereocenters. The van der Waals surface area contributed by atoms with Crippen molar-refractivity contribution in [2.75, 3.05) is 26.2 Å². The van der Waals surface area contributed by atoms with E-state index in [2.05, 4.69) is 9.88 Å². The molecule has 1 saturated heterocycles. The second-order valence-corrected chi connectivity index (χ2v) is 7.99. The van der Waals surface area contributed by atoms with Crippen molar-refractivity contribution in [3.63, 3.8) is 0 Å². The fraction of sp³-hybridized carbons (Fsp3) is 0.348. The average Bonchev–Trinajstić information content (AvgIpc) is 3.11. The molecule has 32 heavy (non-hydrogen) atoms. The predicted molar refractivity (Wildman–Crippen MR) is 116 cm³/mol. The van der Waals surface area contributed by atoms with Crippen molar-refractivity contribution < 1.29 is 24.2 Å². The Bertz CT molecular complexity index is 1110. The second kappa shape index (κ2) is 9.46. The fourth-order valence-electron chi connectivity index (χ4n) is 4.32. The van der Waals surface area contributed by atoms with Gasteiger partial charge in [0.15, 0.2) is 0 Å². The van der Waals surface area contributed by atoms with E-state index in [9.17, 15) is 19.1 Å². The summed E-state index contributed by atoms with van der Waals surface area (Å²) in [6, 6.07) is 7.25. The first kappa shape index (κ1) is 21.9. The van der Waals surface area contributed by atoms with Gasteiger partial charge in [0, 0.05) is 68.8 Å². The molecule has 0 amide bonds. The maximum Gasteiger partial charge on any atom is 0.325 e. The van der Waals surface area contributed by atoms with E-state index in [1.54, 1.807) is 29.2 Å². The minimum Gasteiger partial charge on any atom is -0.481 e. The third kappa shape index (κ3) is 4.79. The van der Waals surface area contributed by atoms with Crippen LogP contribution in [0.4, 0.5) is 4.39 Å². The summed E-state index contributed by atoms with van der Waals surface area (Å²) in [7, 11) is 0. The first-order chi connectivity index (χ1) is 15.4. The van der Waals surface area contributed by atoms with Crippen molar-refractivity contribution in [1.29, 1.82) is 0 Å². The number of fused-ring (bicyclic) bond motifs is 1. The topological polar surface area (TPSA) is 98.9 Å². The molecule has 2 aromatic heterocycles. The highest BCUT2D eigenvalue weighted by Crippen LogP contribution is 2.32. The summed E-state index contributed by atoms with van der Waals surface area (Å²) in [5.41, 5.74) is 2.22. The smallest absolute Gasteiger partial charge is 0.325 e. The maximum atomic E-state index is 13.9. The van der Waals surface area contributed by atoms with Crippen LogP contribution in [0.5, 0.6) is 0 Å². The standard InChI is InChI=1S/C23H25FN4O4/c24-17-1-2-18-19(15-28(20(18)13-17)8-5-21(29)30)22(23(31)32)27-11-9-26(10-12-27)14-16-3-6-25-7-4-16/h1-4,6-7,13,15,22H,5,8-12,14H2,(H,29,30)(H,31,32)/t22-/m0/s1. The summed E-state index contributed by atoms with van der Waals surface area (Å²) in [6.45, 7) is 3.51. The van der Waals surface area contributed by atoms with E-state index >= 15 is 0 Å². The van der Waals surface area contributed by atoms with Crippen LogP contribution in [0.3, 0.4) is 0 Å². The summed E-state index contributed by atoms with van der Waals surface area (Å²) >= 11 is 0. The molecular formula is C23H25FN4O4. The largest absolute Gasteiger partial charge is 0.481 e. The van der Waals surface area contributed by atoms with Crippen molar-refractivity contribution in [2.45, 2.75) is 25.6 Å². The van der Waals surface area contributed by atoms with E-state index in [0.717, 1.165) is 25.2 Å². The lowest BCUT2D eigenvalue weighted by Crippen LogP contribution is -2.48. The van der Waals surface area contributed by atoms with Crippen LogP contribution in [0.1, 0.15) is 23.6 Å². The highest BCUT2D eigenvalue weighted by molar-refractivity contribution is 5.90. The number of aliphatic carboxylic acids is 2. The van der Waals surface area contributed by atoms with Gasteiger partial charge in [-0.3, -0.25) is 24.4 Å². The van der Waals surface area contributed by atoms with E-state index in [1.165, 1.54) is 12.1 Å². The normalized spacial score (nSPS) is 16.3. The molecule has 168 valence electrons. The summed E-state index contributed by atoms with van der Waals surface area (Å²) < 4.78 is 15.5. The summed E-state index contributed by atoms with van der Waals surface area (Å²) in [5.74, 6) is -2.39. The van der Waals surface area contributed by atoms with Crippen molar-refractivity contribution in [3.8, 4) is 0 Å². The number of halogens is 1. The Hall–Kier alpha value is -3.30. The molecule has 8 nitrogen and oxygen atoms in total. The highest BCUT2D eigenvalue weighted by Gasteiger charge is 2.32. The monoisotopic (exact) mass is 440 g/mol. The first-order valence-corrected chi connectivity index (χ1v) is 10.5. The third-order valence-corrected chi connectivity index (χ3v) is 5.90. The van der Waals surface area contributed by atoms with Crippen LogP contribution in [0.2, 0.25) is 0 Å². The first-order valence-electron chi connectivity index (χ1n) is 10.5. The van der Waals surface area contributed by atoms with Crippen LogP contribution in [0, 0.1) is 5.82 Å². The summed E-state index contributed by atoms with van der Waals surface area (Å²) in [6.07, 6.45) is 5.05. The number of aryl methyl sites for hydroxylation is 1. The lowest BCUT2D eigenvalue weighted by Gasteiger charge is -2.37. The molecule has 3 aromatic rings. The number of carboxylic acid groups (broad SMARTS) is 2. The number of hydrogen-bond acceptors (Lipinski definition) is 5. The average molecular weight is 440 g/mol. The number of pyridine rings is 1. The van der Waals surface area contributed by atoms with Gasteiger partial charge in [0.25, 0.3) is 0 Å². The molecule has 9 heteroatoms. The Morgan fingerprint density at radius 1 is 1.06 bits per heavy atom. The van der Waals surface area contributed by atoms with E-state index in [4.69, 9.17) is 5.11 Å². The van der Waals surface area contributed by atoms with Gasteiger partial charge in [-0.15, -0.1) is 0 Å². The fourth-order valence-corrected chi connectivity index (χ4v) is 4.32. The number of carboxylic acids is 2. The van der Waals surface area contributed by atoms with E-state index < -0.39 is 23.8 Å². The van der Waals surface area contributed by atoms with Crippen molar-refractivity contribution in [2.24, 2.45) is 0 Å². The molecule has 4 rings (SSSR count). The SMILES string of the molecule is O=C(O)CCn1cc([C@@H](C(=O)O)N2CCN(Cc3ccncc3)CC2)c2ccc(F)cc21. The van der Waals surface area contributed by atoms with Crippen LogP contribution in [-0.4, -0.2) is 67.7 Å². The molecular weight excluding hydrogens is 415 g/mol. The Morgan fingerprint density at radius 2 is 1.78 bits per heavy atom. The minimum atomic E-state index is -0.978. The zero-order valence-electron chi connectivity index (χ0n) is 17.5. The van der Waals surface area contributed by atoms with E-state index in [-0.39, 0.29) is 13.0 Å². The molecule has 0 radical (unpaired) electrons. The highest BCUT2D eigenvalue weighted by atomic mass is 19.1. The lowest BCUT2D eigenvalue weighted by atomic mass is 10.0. The van der Waals surface area contributed by atoms with Crippen LogP contribution in [-0.2, 0) is 22.7 Å². The van der Waals surface area contributed by atoms with Crippen molar-refractivity contribution in [3.05, 3.63) is 65.9 Å². The molecule has 0 aliphatic carbocycles. The van der Waals surface area contributed by atoms with Gasteiger partial charge in [-0.25, -0.2) is 4.39 Å². The maximum absolute atomic E-state index is 13.9. The quantitative estimate of drug-likeness (QED) is 0.556. The predicted octanol–water partition coefficient (Wildman–Crippen LogP) is 2.59. The molecule has 1 atom stereocenters. The number of carbonyl (C=O) groups is 2. The number of hydrogen-bond donors (Lipinski definition) is 2. The molecule has 1 fully saturated rings. The number of aromatic nitrogens is 2. The molecule has 0 saturated carbocycles. The Labute approximate surface area is 184 Å². The van der Waals surface area contributed by atoms with Crippen LogP contribution in [0.15, 0.2) is 48.9 Å². The number of piperazine rings is 1. The summed E-state index contributed by atoms with van der Waals surface area (Å²) in [4.78, 5) is 31.6. The van der Waals surface area contributed by atoms with E-state index in [0.29, 0.717) is 29.6 Å².